The molecule has 6 heteroatoms. The van der Waals surface area contributed by atoms with E-state index < -0.39 is 11.6 Å². The molecule has 108 valence electrons. The molecule has 0 unspecified atom stereocenters. The lowest BCUT2D eigenvalue weighted by Gasteiger charge is -2.03. The molecule has 1 aromatic heterocycles. The largest absolute Gasteiger partial charge is 0.444 e. The van der Waals surface area contributed by atoms with Crippen LogP contribution in [0.4, 0.5) is 8.78 Å². The van der Waals surface area contributed by atoms with Crippen molar-refractivity contribution in [3.8, 4) is 11.5 Å². The van der Waals surface area contributed by atoms with Gasteiger partial charge in [-0.05, 0) is 18.6 Å². The Morgan fingerprint density at radius 2 is 2.15 bits per heavy atom. The number of methoxy groups -OCH3 is 1. The fourth-order valence-electron chi connectivity index (χ4n) is 1.75. The van der Waals surface area contributed by atoms with E-state index in [2.05, 4.69) is 10.3 Å². The standard InChI is InChI=1S/C14H16F2N2O2/c1-9-3-4-11(15)12(13(9)16)14-18-10(8-20-14)7-17-5-6-19-2/h3-4,8,17H,5-7H2,1-2H3. The Bertz CT molecular complexity index is 585. The molecule has 0 aliphatic carbocycles. The maximum Gasteiger partial charge on any atom is 0.232 e. The van der Waals surface area contributed by atoms with Crippen LogP contribution in [-0.2, 0) is 11.3 Å². The van der Waals surface area contributed by atoms with Gasteiger partial charge >= 0.3 is 0 Å². The van der Waals surface area contributed by atoms with Crippen LogP contribution in [0.25, 0.3) is 11.5 Å². The van der Waals surface area contributed by atoms with E-state index in [-0.39, 0.29) is 11.5 Å². The molecule has 0 radical (unpaired) electrons. The minimum absolute atomic E-state index is 0.0489. The molecule has 0 aliphatic heterocycles. The number of aryl methyl sites for hydroxylation is 1. The molecule has 1 aromatic carbocycles. The Balaban J connectivity index is 2.15. The molecule has 0 amide bonds. The van der Waals surface area contributed by atoms with Gasteiger partial charge in [0.2, 0.25) is 5.89 Å². The summed E-state index contributed by atoms with van der Waals surface area (Å²) in [5.41, 5.74) is 0.698. The van der Waals surface area contributed by atoms with E-state index in [1.807, 2.05) is 0 Å². The molecule has 0 saturated carbocycles. The smallest absolute Gasteiger partial charge is 0.232 e. The van der Waals surface area contributed by atoms with Gasteiger partial charge in [-0.2, -0.15) is 0 Å². The van der Waals surface area contributed by atoms with Crippen molar-refractivity contribution < 1.29 is 17.9 Å². The number of rotatable bonds is 6. The highest BCUT2D eigenvalue weighted by Crippen LogP contribution is 2.27. The zero-order valence-electron chi connectivity index (χ0n) is 11.4. The molecule has 0 fully saturated rings. The van der Waals surface area contributed by atoms with Crippen molar-refractivity contribution in [3.63, 3.8) is 0 Å². The number of nitrogens with one attached hydrogen (secondary N) is 1. The predicted octanol–water partition coefficient (Wildman–Crippen LogP) is 2.66. The van der Waals surface area contributed by atoms with Gasteiger partial charge < -0.3 is 14.5 Å². The molecule has 0 aliphatic rings. The summed E-state index contributed by atoms with van der Waals surface area (Å²) in [7, 11) is 1.61. The first-order valence-corrected chi connectivity index (χ1v) is 6.22. The Hall–Kier alpha value is -1.79. The summed E-state index contributed by atoms with van der Waals surface area (Å²) in [6, 6.07) is 2.58. The van der Waals surface area contributed by atoms with E-state index in [4.69, 9.17) is 9.15 Å². The van der Waals surface area contributed by atoms with E-state index in [1.54, 1.807) is 14.0 Å². The Labute approximate surface area is 115 Å². The average molecular weight is 282 g/mol. The number of halogens is 2. The maximum atomic E-state index is 13.9. The summed E-state index contributed by atoms with van der Waals surface area (Å²) in [6.07, 6.45) is 1.39. The topological polar surface area (TPSA) is 47.3 Å². The fourth-order valence-corrected chi connectivity index (χ4v) is 1.75. The molecule has 0 saturated heterocycles. The highest BCUT2D eigenvalue weighted by Gasteiger charge is 2.18. The van der Waals surface area contributed by atoms with Crippen molar-refractivity contribution in [2.24, 2.45) is 0 Å². The lowest BCUT2D eigenvalue weighted by Crippen LogP contribution is -2.18. The van der Waals surface area contributed by atoms with Gasteiger partial charge in [0.15, 0.2) is 0 Å². The van der Waals surface area contributed by atoms with E-state index in [0.29, 0.717) is 31.0 Å². The fraction of sp³-hybridized carbons (Fsp3) is 0.357. The van der Waals surface area contributed by atoms with Gasteiger partial charge in [0.1, 0.15) is 23.5 Å². The second-order valence-electron chi connectivity index (χ2n) is 4.37. The van der Waals surface area contributed by atoms with Gasteiger partial charge in [0.05, 0.1) is 12.3 Å². The Morgan fingerprint density at radius 1 is 1.35 bits per heavy atom. The van der Waals surface area contributed by atoms with Crippen LogP contribution in [-0.4, -0.2) is 25.2 Å². The van der Waals surface area contributed by atoms with E-state index >= 15 is 0 Å². The van der Waals surface area contributed by atoms with Gasteiger partial charge in [0, 0.05) is 20.2 Å². The van der Waals surface area contributed by atoms with Crippen molar-refractivity contribution in [2.75, 3.05) is 20.3 Å². The Kier molecular flexibility index (Phi) is 4.81. The van der Waals surface area contributed by atoms with E-state index in [1.165, 1.54) is 18.4 Å². The zero-order chi connectivity index (χ0) is 14.5. The predicted molar refractivity (Wildman–Crippen MR) is 70.2 cm³/mol. The lowest BCUT2D eigenvalue weighted by molar-refractivity contribution is 0.199. The molecule has 2 rings (SSSR count). The second kappa shape index (κ2) is 6.58. The number of nitrogens with zero attached hydrogens (tertiary/aromatic N) is 1. The Morgan fingerprint density at radius 3 is 2.90 bits per heavy atom. The summed E-state index contributed by atoms with van der Waals surface area (Å²) in [4.78, 5) is 4.09. The second-order valence-corrected chi connectivity index (χ2v) is 4.37. The van der Waals surface area contributed by atoms with Gasteiger partial charge in [0.25, 0.3) is 0 Å². The highest BCUT2D eigenvalue weighted by molar-refractivity contribution is 5.56. The number of hydrogen-bond donors (Lipinski definition) is 1. The average Bonchev–Trinajstić information content (AvgIpc) is 2.88. The van der Waals surface area contributed by atoms with Crippen molar-refractivity contribution in [3.05, 3.63) is 41.3 Å². The molecule has 20 heavy (non-hydrogen) atoms. The first-order chi connectivity index (χ1) is 9.63. The quantitative estimate of drug-likeness (QED) is 0.827. The minimum atomic E-state index is -0.686. The summed E-state index contributed by atoms with van der Waals surface area (Å²) in [5.74, 6) is -1.38. The molecule has 1 N–H and O–H groups in total. The van der Waals surface area contributed by atoms with Crippen LogP contribution in [0, 0.1) is 18.6 Å². The van der Waals surface area contributed by atoms with Crippen LogP contribution in [0.5, 0.6) is 0 Å². The van der Waals surface area contributed by atoms with Crippen molar-refractivity contribution in [2.45, 2.75) is 13.5 Å². The third-order valence-corrected chi connectivity index (χ3v) is 2.84. The lowest BCUT2D eigenvalue weighted by atomic mass is 10.1. The van der Waals surface area contributed by atoms with Crippen LogP contribution >= 0.6 is 0 Å². The van der Waals surface area contributed by atoms with Gasteiger partial charge in [-0.3, -0.25) is 0 Å². The third-order valence-electron chi connectivity index (χ3n) is 2.84. The maximum absolute atomic E-state index is 13.9. The molecule has 2 aromatic rings. The number of oxazole rings is 1. The summed E-state index contributed by atoms with van der Waals surface area (Å²) in [6.45, 7) is 3.24. The summed E-state index contributed by atoms with van der Waals surface area (Å²) >= 11 is 0. The zero-order valence-corrected chi connectivity index (χ0v) is 11.4. The van der Waals surface area contributed by atoms with Crippen LogP contribution in [0.1, 0.15) is 11.3 Å². The minimum Gasteiger partial charge on any atom is -0.444 e. The third kappa shape index (κ3) is 3.20. The number of hydrogen-bond acceptors (Lipinski definition) is 4. The van der Waals surface area contributed by atoms with E-state index in [0.717, 1.165) is 0 Å². The first kappa shape index (κ1) is 14.6. The van der Waals surface area contributed by atoms with Crippen LogP contribution < -0.4 is 5.32 Å². The van der Waals surface area contributed by atoms with Crippen molar-refractivity contribution in [1.82, 2.24) is 10.3 Å². The van der Waals surface area contributed by atoms with Crippen LogP contribution in [0.3, 0.4) is 0 Å². The monoisotopic (exact) mass is 282 g/mol. The molecular weight excluding hydrogens is 266 g/mol. The number of benzene rings is 1. The summed E-state index contributed by atoms with van der Waals surface area (Å²) < 4.78 is 37.7. The van der Waals surface area contributed by atoms with Crippen LogP contribution in [0.15, 0.2) is 22.8 Å². The van der Waals surface area contributed by atoms with Gasteiger partial charge in [-0.1, -0.05) is 6.07 Å². The molecule has 0 spiro atoms. The molecule has 1 heterocycles. The van der Waals surface area contributed by atoms with E-state index in [9.17, 15) is 8.78 Å². The summed E-state index contributed by atoms with van der Waals surface area (Å²) in [5, 5.41) is 3.07. The molecule has 4 nitrogen and oxygen atoms in total. The number of ether oxygens (including phenoxy) is 1. The first-order valence-electron chi connectivity index (χ1n) is 6.22. The number of aromatic nitrogens is 1. The normalized spacial score (nSPS) is 11.0. The molecule has 0 atom stereocenters. The SMILES string of the molecule is COCCNCc1coc(-c2c(F)ccc(C)c2F)n1. The van der Waals surface area contributed by atoms with Crippen molar-refractivity contribution in [1.29, 1.82) is 0 Å². The molecular formula is C14H16F2N2O2. The van der Waals surface area contributed by atoms with Crippen molar-refractivity contribution >= 4 is 0 Å². The van der Waals surface area contributed by atoms with Crippen LogP contribution in [0.2, 0.25) is 0 Å². The van der Waals surface area contributed by atoms with Gasteiger partial charge in [-0.25, -0.2) is 13.8 Å². The van der Waals surface area contributed by atoms with Gasteiger partial charge in [-0.15, -0.1) is 0 Å². The molecule has 0 bridgehead atoms. The highest BCUT2D eigenvalue weighted by atomic mass is 19.1.